The molecule has 0 spiro atoms. The Balaban J connectivity index is 1.15. The molecule has 42 heavy (non-hydrogen) atoms. The van der Waals surface area contributed by atoms with Crippen molar-refractivity contribution in [3.05, 3.63) is 132 Å². The summed E-state index contributed by atoms with van der Waals surface area (Å²) in [6.07, 6.45) is -8.71. The van der Waals surface area contributed by atoms with Crippen LogP contribution in [0.4, 0.5) is 26.3 Å². The fourth-order valence-corrected chi connectivity index (χ4v) is 6.63. The number of benzene rings is 4. The molecular weight excluding hydrogens is 586 g/mol. The van der Waals surface area contributed by atoms with Gasteiger partial charge in [0.15, 0.2) is 0 Å². The number of hydrogen-bond acceptors (Lipinski definition) is 2. The summed E-state index contributed by atoms with van der Waals surface area (Å²) in [5, 5.41) is 0. The third-order valence-electron chi connectivity index (χ3n) is 6.88. The van der Waals surface area contributed by atoms with E-state index in [0.717, 1.165) is 77.2 Å². The van der Waals surface area contributed by atoms with E-state index in [-0.39, 0.29) is 0 Å². The van der Waals surface area contributed by atoms with E-state index in [4.69, 9.17) is 0 Å². The van der Waals surface area contributed by atoms with Gasteiger partial charge in [-0.15, -0.1) is 22.7 Å². The Bertz CT molecular complexity index is 1670. The third-order valence-corrected chi connectivity index (χ3v) is 9.24. The maximum absolute atomic E-state index is 12.9. The van der Waals surface area contributed by atoms with Crippen LogP contribution in [-0.4, -0.2) is 0 Å². The van der Waals surface area contributed by atoms with Crippen LogP contribution in [0.25, 0.3) is 52.9 Å². The second-order valence-corrected chi connectivity index (χ2v) is 11.8. The summed E-state index contributed by atoms with van der Waals surface area (Å²) < 4.78 is 77.2. The van der Waals surface area contributed by atoms with Crippen molar-refractivity contribution < 1.29 is 26.3 Å². The van der Waals surface area contributed by atoms with Gasteiger partial charge in [0.25, 0.3) is 0 Å². The molecule has 2 aromatic heterocycles. The topological polar surface area (TPSA) is 0 Å². The molecule has 0 unspecified atom stereocenters. The van der Waals surface area contributed by atoms with Crippen molar-refractivity contribution >= 4 is 22.7 Å². The third kappa shape index (κ3) is 5.91. The van der Waals surface area contributed by atoms with Crippen LogP contribution in [0.15, 0.2) is 121 Å². The minimum absolute atomic E-state index is 0.662. The van der Waals surface area contributed by atoms with Crippen LogP contribution in [0.3, 0.4) is 0 Å². The molecule has 0 bridgehead atoms. The lowest BCUT2D eigenvalue weighted by atomic mass is 10.0. The van der Waals surface area contributed by atoms with E-state index in [1.54, 1.807) is 0 Å². The zero-order valence-corrected chi connectivity index (χ0v) is 23.3. The largest absolute Gasteiger partial charge is 0.416 e. The highest BCUT2D eigenvalue weighted by atomic mass is 32.1. The van der Waals surface area contributed by atoms with E-state index < -0.39 is 23.5 Å². The Morgan fingerprint density at radius 3 is 0.738 bits per heavy atom. The van der Waals surface area contributed by atoms with Gasteiger partial charge >= 0.3 is 12.4 Å². The average Bonchev–Trinajstić information content (AvgIpc) is 3.68. The lowest BCUT2D eigenvalue weighted by Crippen LogP contribution is -2.03. The Morgan fingerprint density at radius 2 is 0.500 bits per heavy atom. The quantitative estimate of drug-likeness (QED) is 0.171. The van der Waals surface area contributed by atoms with E-state index >= 15 is 0 Å². The minimum Gasteiger partial charge on any atom is -0.166 e. The first kappa shape index (κ1) is 28.0. The molecule has 0 fully saturated rings. The second-order valence-electron chi connectivity index (χ2n) is 9.63. The lowest BCUT2D eigenvalue weighted by molar-refractivity contribution is -0.138. The van der Waals surface area contributed by atoms with Crippen molar-refractivity contribution in [3.8, 4) is 52.9 Å². The van der Waals surface area contributed by atoms with Crippen molar-refractivity contribution in [1.29, 1.82) is 0 Å². The van der Waals surface area contributed by atoms with Crippen LogP contribution in [0.1, 0.15) is 11.1 Å². The molecule has 0 radical (unpaired) electrons. The number of alkyl halides is 6. The van der Waals surface area contributed by atoms with Gasteiger partial charge in [-0.2, -0.15) is 26.3 Å². The molecule has 6 rings (SSSR count). The molecule has 4 aromatic carbocycles. The van der Waals surface area contributed by atoms with Gasteiger partial charge in [-0.25, -0.2) is 0 Å². The van der Waals surface area contributed by atoms with Crippen LogP contribution in [0.5, 0.6) is 0 Å². The van der Waals surface area contributed by atoms with Crippen LogP contribution >= 0.6 is 22.7 Å². The molecule has 0 nitrogen and oxygen atoms in total. The Morgan fingerprint density at radius 1 is 0.286 bits per heavy atom. The Hall–Kier alpha value is -4.14. The van der Waals surface area contributed by atoms with E-state index in [1.165, 1.54) is 46.9 Å². The predicted octanol–water partition coefficient (Wildman–Crippen LogP) is 12.2. The van der Waals surface area contributed by atoms with E-state index in [1.807, 2.05) is 72.8 Å². The molecule has 0 atom stereocenters. The first-order valence-electron chi connectivity index (χ1n) is 12.8. The summed E-state index contributed by atoms with van der Waals surface area (Å²) in [4.78, 5) is 3.84. The molecule has 0 N–H and O–H groups in total. The average molecular weight is 607 g/mol. The van der Waals surface area contributed by atoms with Crippen molar-refractivity contribution in [2.75, 3.05) is 0 Å². The van der Waals surface area contributed by atoms with E-state index in [2.05, 4.69) is 0 Å². The summed E-state index contributed by atoms with van der Waals surface area (Å²) >= 11 is 3.05. The first-order valence-corrected chi connectivity index (χ1v) is 14.4. The number of halogens is 6. The lowest BCUT2D eigenvalue weighted by Gasteiger charge is -2.07. The summed E-state index contributed by atoms with van der Waals surface area (Å²) in [6, 6.07) is 34.5. The first-order chi connectivity index (χ1) is 20.0. The molecule has 0 aliphatic rings. The maximum Gasteiger partial charge on any atom is 0.416 e. The molecular formula is C34H20F6S2. The molecule has 2 heterocycles. The number of rotatable bonds is 5. The molecule has 8 heteroatoms. The smallest absolute Gasteiger partial charge is 0.166 e. The molecule has 0 saturated heterocycles. The maximum atomic E-state index is 12.9. The molecule has 6 aromatic rings. The van der Waals surface area contributed by atoms with Crippen molar-refractivity contribution in [2.45, 2.75) is 12.4 Å². The zero-order chi connectivity index (χ0) is 29.5. The molecule has 0 aliphatic heterocycles. The fraction of sp³-hybridized carbons (Fsp3) is 0.0588. The molecule has 0 saturated carbocycles. The predicted molar refractivity (Wildman–Crippen MR) is 159 cm³/mol. The monoisotopic (exact) mass is 606 g/mol. The summed E-state index contributed by atoms with van der Waals surface area (Å²) in [6.45, 7) is 0. The van der Waals surface area contributed by atoms with Crippen molar-refractivity contribution in [2.24, 2.45) is 0 Å². The minimum atomic E-state index is -4.35. The summed E-state index contributed by atoms with van der Waals surface area (Å²) in [5.74, 6) is 0. The number of thiophene rings is 2. The fourth-order valence-electron chi connectivity index (χ4n) is 4.60. The van der Waals surface area contributed by atoms with Gasteiger partial charge in [0.1, 0.15) is 0 Å². The van der Waals surface area contributed by atoms with Crippen molar-refractivity contribution in [3.63, 3.8) is 0 Å². The van der Waals surface area contributed by atoms with Crippen LogP contribution in [0.2, 0.25) is 0 Å². The van der Waals surface area contributed by atoms with Gasteiger partial charge < -0.3 is 0 Å². The van der Waals surface area contributed by atoms with Crippen LogP contribution < -0.4 is 0 Å². The Labute approximate surface area is 246 Å². The number of hydrogen-bond donors (Lipinski definition) is 0. The second kappa shape index (κ2) is 10.9. The van der Waals surface area contributed by atoms with Gasteiger partial charge in [-0.05, 0) is 81.9 Å². The van der Waals surface area contributed by atoms with E-state index in [0.29, 0.717) is 0 Å². The molecule has 210 valence electrons. The van der Waals surface area contributed by atoms with Gasteiger partial charge in [0.2, 0.25) is 0 Å². The highest BCUT2D eigenvalue weighted by Gasteiger charge is 2.30. The van der Waals surface area contributed by atoms with Crippen molar-refractivity contribution in [1.82, 2.24) is 0 Å². The van der Waals surface area contributed by atoms with E-state index in [9.17, 15) is 26.3 Å². The highest BCUT2D eigenvalue weighted by molar-refractivity contribution is 7.19. The Kier molecular flexibility index (Phi) is 7.29. The van der Waals surface area contributed by atoms with Crippen LogP contribution in [0, 0.1) is 0 Å². The highest BCUT2D eigenvalue weighted by Crippen LogP contribution is 2.39. The van der Waals surface area contributed by atoms with Gasteiger partial charge in [-0.3, -0.25) is 0 Å². The van der Waals surface area contributed by atoms with Gasteiger partial charge in [-0.1, -0.05) is 72.8 Å². The van der Waals surface area contributed by atoms with Crippen LogP contribution in [-0.2, 0) is 12.4 Å². The zero-order valence-electron chi connectivity index (χ0n) is 21.6. The standard InChI is InChI=1S/C34H20F6S2/c35-33(36,37)27-13-9-25(10-14-27)31-19-17-29(41-31)23-5-1-21(2-6-23)22-3-7-24(8-4-22)30-18-20-32(42-30)26-11-15-28(16-12-26)34(38,39)40/h1-20H. The van der Waals surface area contributed by atoms with Gasteiger partial charge in [0, 0.05) is 19.5 Å². The summed E-state index contributed by atoms with van der Waals surface area (Å²) in [7, 11) is 0. The molecule has 0 amide bonds. The van der Waals surface area contributed by atoms with Gasteiger partial charge in [0.05, 0.1) is 11.1 Å². The SMILES string of the molecule is FC(F)(F)c1ccc(-c2ccc(-c3ccc(-c4ccc(-c5ccc(-c6ccc(C(F)(F)F)cc6)s5)cc4)cc3)s2)cc1. The normalized spacial score (nSPS) is 12.0. The summed E-state index contributed by atoms with van der Waals surface area (Å²) in [5.41, 5.74) is 4.29. The molecule has 0 aliphatic carbocycles.